The fourth-order valence-corrected chi connectivity index (χ4v) is 2.37. The molecule has 0 atom stereocenters. The number of amides is 1. The third-order valence-corrected chi connectivity index (χ3v) is 3.88. The second-order valence-corrected chi connectivity index (χ2v) is 6.02. The molecule has 0 saturated carbocycles. The van der Waals surface area contributed by atoms with Crippen molar-refractivity contribution in [3.8, 4) is 0 Å². The normalized spacial score (nSPS) is 16.4. The Morgan fingerprint density at radius 3 is 2.52 bits per heavy atom. The van der Waals surface area contributed by atoms with Crippen molar-refractivity contribution >= 4 is 18.3 Å². The maximum absolute atomic E-state index is 12.3. The number of aromatic nitrogens is 1. The van der Waals surface area contributed by atoms with E-state index in [4.69, 9.17) is 5.73 Å². The summed E-state index contributed by atoms with van der Waals surface area (Å²) in [5, 5.41) is 0. The zero-order valence-corrected chi connectivity index (χ0v) is 13.6. The average molecular weight is 313 g/mol. The standard InChI is InChI=1S/C15H24N4O.ClH/c1-15(2,12-16)14(20)19-8-6-18(7-9-19)11-13-4-3-5-17-10-13;/h3-5,10H,6-9,11-12,16H2,1-2H3;1H. The monoisotopic (exact) mass is 312 g/mol. The summed E-state index contributed by atoms with van der Waals surface area (Å²) >= 11 is 0. The number of carbonyl (C=O) groups excluding carboxylic acids is 1. The summed E-state index contributed by atoms with van der Waals surface area (Å²) < 4.78 is 0. The summed E-state index contributed by atoms with van der Waals surface area (Å²) in [6.07, 6.45) is 3.68. The van der Waals surface area contributed by atoms with Gasteiger partial charge in [0.25, 0.3) is 0 Å². The van der Waals surface area contributed by atoms with Gasteiger partial charge in [0.15, 0.2) is 0 Å². The van der Waals surface area contributed by atoms with Crippen molar-refractivity contribution < 1.29 is 4.79 Å². The fraction of sp³-hybridized carbons (Fsp3) is 0.600. The summed E-state index contributed by atoms with van der Waals surface area (Å²) in [5.41, 5.74) is 6.44. The van der Waals surface area contributed by atoms with Crippen LogP contribution in [0.5, 0.6) is 0 Å². The molecular formula is C15H25ClN4O. The molecule has 0 spiro atoms. The molecule has 5 nitrogen and oxygen atoms in total. The minimum absolute atomic E-state index is 0. The van der Waals surface area contributed by atoms with Gasteiger partial charge in [0.1, 0.15) is 0 Å². The third-order valence-electron chi connectivity index (χ3n) is 3.88. The second kappa shape index (κ2) is 7.73. The molecule has 6 heteroatoms. The van der Waals surface area contributed by atoms with Gasteiger partial charge in [0.05, 0.1) is 5.41 Å². The lowest BCUT2D eigenvalue weighted by molar-refractivity contribution is -0.141. The maximum Gasteiger partial charge on any atom is 0.229 e. The van der Waals surface area contributed by atoms with Gasteiger partial charge in [-0.1, -0.05) is 6.07 Å². The molecule has 0 bridgehead atoms. The first-order chi connectivity index (χ1) is 9.53. The average Bonchev–Trinajstić information content (AvgIpc) is 2.48. The highest BCUT2D eigenvalue weighted by Gasteiger charge is 2.32. The van der Waals surface area contributed by atoms with Crippen LogP contribution < -0.4 is 5.73 Å². The van der Waals surface area contributed by atoms with Crippen LogP contribution in [0.25, 0.3) is 0 Å². The Morgan fingerprint density at radius 2 is 2.00 bits per heavy atom. The predicted molar refractivity (Wildman–Crippen MR) is 86.2 cm³/mol. The molecule has 1 aliphatic rings. The molecule has 1 fully saturated rings. The van der Waals surface area contributed by atoms with Crippen LogP contribution in [0.3, 0.4) is 0 Å². The first-order valence-electron chi connectivity index (χ1n) is 7.13. The summed E-state index contributed by atoms with van der Waals surface area (Å²) in [7, 11) is 0. The van der Waals surface area contributed by atoms with E-state index in [9.17, 15) is 4.79 Å². The fourth-order valence-electron chi connectivity index (χ4n) is 2.37. The minimum atomic E-state index is -0.453. The Hall–Kier alpha value is -1.17. The molecule has 1 aromatic rings. The molecule has 1 saturated heterocycles. The number of pyridine rings is 1. The van der Waals surface area contributed by atoms with E-state index >= 15 is 0 Å². The molecule has 1 aromatic heterocycles. The van der Waals surface area contributed by atoms with E-state index in [1.54, 1.807) is 6.20 Å². The van der Waals surface area contributed by atoms with Crippen molar-refractivity contribution in [1.29, 1.82) is 0 Å². The lowest BCUT2D eigenvalue weighted by Gasteiger charge is -2.38. The van der Waals surface area contributed by atoms with Gasteiger partial charge in [-0.25, -0.2) is 0 Å². The third kappa shape index (κ3) is 4.66. The lowest BCUT2D eigenvalue weighted by Crippen LogP contribution is -2.53. The van der Waals surface area contributed by atoms with Crippen molar-refractivity contribution in [2.45, 2.75) is 20.4 Å². The topological polar surface area (TPSA) is 62.5 Å². The van der Waals surface area contributed by atoms with Crippen LogP contribution in [-0.2, 0) is 11.3 Å². The first kappa shape index (κ1) is 17.9. The number of hydrogen-bond acceptors (Lipinski definition) is 4. The molecule has 0 aliphatic carbocycles. The van der Waals surface area contributed by atoms with Crippen molar-refractivity contribution in [2.24, 2.45) is 11.1 Å². The Bertz CT molecular complexity index is 444. The number of piperazine rings is 1. The van der Waals surface area contributed by atoms with Gasteiger partial charge in [0.2, 0.25) is 5.91 Å². The van der Waals surface area contributed by atoms with E-state index < -0.39 is 5.41 Å². The number of nitrogens with two attached hydrogens (primary N) is 1. The van der Waals surface area contributed by atoms with Gasteiger partial charge < -0.3 is 10.6 Å². The SMILES string of the molecule is CC(C)(CN)C(=O)N1CCN(Cc2cccnc2)CC1.Cl. The van der Waals surface area contributed by atoms with E-state index in [1.807, 2.05) is 31.0 Å². The summed E-state index contributed by atoms with van der Waals surface area (Å²) in [6, 6.07) is 4.04. The van der Waals surface area contributed by atoms with Gasteiger partial charge in [-0.15, -0.1) is 12.4 Å². The second-order valence-electron chi connectivity index (χ2n) is 6.02. The van der Waals surface area contributed by atoms with Crippen molar-refractivity contribution in [1.82, 2.24) is 14.8 Å². The van der Waals surface area contributed by atoms with Gasteiger partial charge in [-0.3, -0.25) is 14.7 Å². The molecule has 0 unspecified atom stereocenters. The van der Waals surface area contributed by atoms with E-state index in [-0.39, 0.29) is 18.3 Å². The van der Waals surface area contributed by atoms with E-state index in [0.717, 1.165) is 32.7 Å². The number of hydrogen-bond donors (Lipinski definition) is 1. The number of nitrogens with zero attached hydrogens (tertiary/aromatic N) is 3. The number of halogens is 1. The highest BCUT2D eigenvalue weighted by molar-refractivity contribution is 5.85. The molecule has 21 heavy (non-hydrogen) atoms. The highest BCUT2D eigenvalue weighted by atomic mass is 35.5. The summed E-state index contributed by atoms with van der Waals surface area (Å²) in [5.74, 6) is 0.168. The molecule has 118 valence electrons. The van der Waals surface area contributed by atoms with Crippen LogP contribution in [0.4, 0.5) is 0 Å². The maximum atomic E-state index is 12.3. The van der Waals surface area contributed by atoms with Crippen molar-refractivity contribution in [3.05, 3.63) is 30.1 Å². The molecule has 0 radical (unpaired) electrons. The van der Waals surface area contributed by atoms with Gasteiger partial charge in [-0.05, 0) is 25.5 Å². The molecule has 0 aromatic carbocycles. The Balaban J connectivity index is 0.00000220. The first-order valence-corrected chi connectivity index (χ1v) is 7.13. The quantitative estimate of drug-likeness (QED) is 0.905. The summed E-state index contributed by atoms with van der Waals surface area (Å²) in [6.45, 7) is 8.49. The summed E-state index contributed by atoms with van der Waals surface area (Å²) in [4.78, 5) is 20.8. The van der Waals surface area contributed by atoms with Crippen molar-refractivity contribution in [3.63, 3.8) is 0 Å². The predicted octanol–water partition coefficient (Wildman–Crippen LogP) is 1.13. The van der Waals surface area contributed by atoms with Gasteiger partial charge in [-0.2, -0.15) is 0 Å². The molecule has 1 aliphatic heterocycles. The van der Waals surface area contributed by atoms with E-state index in [1.165, 1.54) is 5.56 Å². The zero-order chi connectivity index (χ0) is 14.6. The minimum Gasteiger partial charge on any atom is -0.340 e. The zero-order valence-electron chi connectivity index (χ0n) is 12.8. The van der Waals surface area contributed by atoms with Crippen LogP contribution in [-0.4, -0.2) is 53.4 Å². The van der Waals surface area contributed by atoms with Crippen LogP contribution in [0.1, 0.15) is 19.4 Å². The lowest BCUT2D eigenvalue weighted by atomic mass is 9.91. The number of carbonyl (C=O) groups is 1. The Labute approximate surface area is 132 Å². The molecule has 1 amide bonds. The Morgan fingerprint density at radius 1 is 1.33 bits per heavy atom. The van der Waals surface area contributed by atoms with Crippen LogP contribution in [0.15, 0.2) is 24.5 Å². The van der Waals surface area contributed by atoms with Crippen LogP contribution in [0.2, 0.25) is 0 Å². The smallest absolute Gasteiger partial charge is 0.229 e. The molecule has 2 N–H and O–H groups in total. The largest absolute Gasteiger partial charge is 0.340 e. The Kier molecular flexibility index (Phi) is 6.58. The number of rotatable bonds is 4. The molecule has 2 rings (SSSR count). The van der Waals surface area contributed by atoms with Crippen LogP contribution in [0, 0.1) is 5.41 Å². The highest BCUT2D eigenvalue weighted by Crippen LogP contribution is 2.18. The van der Waals surface area contributed by atoms with Gasteiger partial charge >= 0.3 is 0 Å². The van der Waals surface area contributed by atoms with E-state index in [2.05, 4.69) is 16.0 Å². The molecular weight excluding hydrogens is 288 g/mol. The van der Waals surface area contributed by atoms with Crippen molar-refractivity contribution in [2.75, 3.05) is 32.7 Å². The molecule has 2 heterocycles. The van der Waals surface area contributed by atoms with Crippen LogP contribution >= 0.6 is 12.4 Å². The van der Waals surface area contributed by atoms with Gasteiger partial charge in [0, 0.05) is 51.7 Å². The van der Waals surface area contributed by atoms with E-state index in [0.29, 0.717) is 6.54 Å².